The van der Waals surface area contributed by atoms with Crippen molar-refractivity contribution >= 4 is 47.4 Å². The van der Waals surface area contributed by atoms with Crippen molar-refractivity contribution in [3.05, 3.63) is 111 Å². The Kier molecular flexibility index (Phi) is 11.5. The van der Waals surface area contributed by atoms with Crippen LogP contribution in [0.15, 0.2) is 72.9 Å². The molecule has 326 valence electrons. The predicted octanol–water partition coefficient (Wildman–Crippen LogP) is 5.09. The van der Waals surface area contributed by atoms with Crippen molar-refractivity contribution in [1.82, 2.24) is 30.0 Å². The summed E-state index contributed by atoms with van der Waals surface area (Å²) in [6, 6.07) is 23.4. The molecule has 15 heteroatoms. The van der Waals surface area contributed by atoms with Crippen LogP contribution in [0.4, 0.5) is 11.6 Å². The monoisotopic (exact) mass is 869 g/mol. The highest BCUT2D eigenvalue weighted by Crippen LogP contribution is 2.44. The van der Waals surface area contributed by atoms with Crippen LogP contribution in [0.5, 0.6) is 5.75 Å². The third-order valence-electron chi connectivity index (χ3n) is 14.1. The smallest absolute Gasteiger partial charge is 0.261 e. The molecule has 5 fully saturated rings. The molecule has 0 radical (unpaired) electrons. The molecule has 1 spiro atoms. The molecule has 0 bridgehead atoms. The summed E-state index contributed by atoms with van der Waals surface area (Å²) in [5.41, 5.74) is 5.61. The number of ether oxygens (including phenoxy) is 1. The number of benzene rings is 3. The van der Waals surface area contributed by atoms with Gasteiger partial charge in [-0.15, -0.1) is 0 Å². The number of nitrogens with one attached hydrogen (secondary N) is 1. The van der Waals surface area contributed by atoms with E-state index in [1.54, 1.807) is 12.1 Å². The average Bonchev–Trinajstić information content (AvgIpc) is 3.23. The lowest BCUT2D eigenvalue weighted by Crippen LogP contribution is -2.74. The van der Waals surface area contributed by atoms with Crippen LogP contribution in [-0.2, 0) is 26.4 Å². The normalized spacial score (nSPS) is 20.6. The Bertz CT molecular complexity index is 2460. The molecule has 5 aliphatic rings. The fourth-order valence-corrected chi connectivity index (χ4v) is 10.1. The molecular formula is C48H52ClN9O5. The molecule has 14 nitrogen and oxygen atoms in total. The molecule has 5 aliphatic heterocycles. The first kappa shape index (κ1) is 42.4. The number of amides is 4. The number of halogens is 1. The number of nitriles is 1. The number of carbonyl (C=O) groups excluding carboxylic acids is 4. The summed E-state index contributed by atoms with van der Waals surface area (Å²) in [7, 11) is 0. The number of aryl methyl sites for hydroxylation is 1. The molecule has 0 saturated carbocycles. The number of imide groups is 2. The number of anilines is 2. The Hall–Kier alpha value is -5.88. The van der Waals surface area contributed by atoms with Crippen LogP contribution in [0, 0.1) is 23.7 Å². The minimum Gasteiger partial charge on any atom is -0.487 e. The van der Waals surface area contributed by atoms with E-state index in [1.165, 1.54) is 0 Å². The Balaban J connectivity index is 0.697. The summed E-state index contributed by atoms with van der Waals surface area (Å²) < 4.78 is 6.16. The topological polar surface area (TPSA) is 155 Å². The first-order chi connectivity index (χ1) is 30.3. The molecule has 0 aliphatic carbocycles. The molecule has 1 unspecified atom stereocenters. The molecule has 1 aromatic heterocycles. The lowest BCUT2D eigenvalue weighted by molar-refractivity contribution is -0.139. The highest BCUT2D eigenvalue weighted by atomic mass is 35.5. The van der Waals surface area contributed by atoms with Gasteiger partial charge >= 0.3 is 0 Å². The lowest BCUT2D eigenvalue weighted by Gasteiger charge is -2.61. The summed E-state index contributed by atoms with van der Waals surface area (Å²) in [5, 5.41) is 12.2. The molecule has 9 rings (SSSR count). The molecule has 6 heterocycles. The van der Waals surface area contributed by atoms with E-state index in [2.05, 4.69) is 61.9 Å². The Morgan fingerprint density at radius 1 is 0.968 bits per heavy atom. The number of likely N-dealkylation sites (tertiary alicyclic amines) is 2. The molecule has 63 heavy (non-hydrogen) atoms. The van der Waals surface area contributed by atoms with Gasteiger partial charge in [0.05, 0.1) is 17.3 Å². The quantitative estimate of drug-likeness (QED) is 0.149. The van der Waals surface area contributed by atoms with Crippen molar-refractivity contribution in [2.75, 3.05) is 62.2 Å². The van der Waals surface area contributed by atoms with Crippen LogP contribution in [0.3, 0.4) is 0 Å². The van der Waals surface area contributed by atoms with Gasteiger partial charge in [0.15, 0.2) is 0 Å². The van der Waals surface area contributed by atoms with E-state index in [1.807, 2.05) is 55.6 Å². The molecule has 4 amide bonds. The molecule has 3 aromatic carbocycles. The zero-order valence-corrected chi connectivity index (χ0v) is 36.7. The van der Waals surface area contributed by atoms with Gasteiger partial charge in [-0.3, -0.25) is 39.2 Å². The van der Waals surface area contributed by atoms with Gasteiger partial charge in [0.2, 0.25) is 24.2 Å². The van der Waals surface area contributed by atoms with Gasteiger partial charge in [-0.25, -0.2) is 9.97 Å². The van der Waals surface area contributed by atoms with E-state index in [-0.39, 0.29) is 18.3 Å². The largest absolute Gasteiger partial charge is 0.487 e. The van der Waals surface area contributed by atoms with Crippen molar-refractivity contribution < 1.29 is 23.9 Å². The first-order valence-corrected chi connectivity index (χ1v) is 22.2. The Labute approximate surface area is 372 Å². The first-order valence-electron chi connectivity index (χ1n) is 21.8. The summed E-state index contributed by atoms with van der Waals surface area (Å²) in [5.74, 6) is -0.0419. The maximum absolute atomic E-state index is 13.3. The third kappa shape index (κ3) is 8.49. The molecule has 1 N–H and O–H groups in total. The van der Waals surface area contributed by atoms with E-state index in [9.17, 15) is 24.4 Å². The maximum atomic E-state index is 13.3. The summed E-state index contributed by atoms with van der Waals surface area (Å²) >= 11 is 6.31. The van der Waals surface area contributed by atoms with Gasteiger partial charge in [0.1, 0.15) is 18.4 Å². The third-order valence-corrected chi connectivity index (χ3v) is 14.3. The molecule has 5 saturated heterocycles. The minimum absolute atomic E-state index is 0.0859. The second kappa shape index (κ2) is 17.0. The Morgan fingerprint density at radius 3 is 2.38 bits per heavy atom. The molecular weight excluding hydrogens is 818 g/mol. The summed E-state index contributed by atoms with van der Waals surface area (Å²) in [4.78, 5) is 69.4. The number of aromatic nitrogens is 2. The van der Waals surface area contributed by atoms with Gasteiger partial charge in [0, 0.05) is 98.7 Å². The number of carbonyl (C=O) groups is 4. The minimum atomic E-state index is -0.990. The van der Waals surface area contributed by atoms with Crippen molar-refractivity contribution in [2.24, 2.45) is 5.41 Å². The van der Waals surface area contributed by atoms with E-state index >= 15 is 0 Å². The molecule has 1 atom stereocenters. The van der Waals surface area contributed by atoms with Crippen molar-refractivity contribution in [2.45, 2.75) is 76.6 Å². The fraction of sp³-hybridized carbons (Fsp3) is 0.438. The highest BCUT2D eigenvalue weighted by molar-refractivity contribution is 6.30. The van der Waals surface area contributed by atoms with Crippen LogP contribution in [0.2, 0.25) is 5.02 Å². The van der Waals surface area contributed by atoms with Crippen LogP contribution < -0.4 is 19.9 Å². The van der Waals surface area contributed by atoms with Gasteiger partial charge < -0.3 is 14.5 Å². The zero-order chi connectivity index (χ0) is 44.0. The van der Waals surface area contributed by atoms with Crippen LogP contribution in [-0.4, -0.2) is 119 Å². The lowest BCUT2D eigenvalue weighted by atomic mass is 9.71. The van der Waals surface area contributed by atoms with Gasteiger partial charge in [-0.1, -0.05) is 37.6 Å². The van der Waals surface area contributed by atoms with E-state index in [0.29, 0.717) is 46.7 Å². The summed E-state index contributed by atoms with van der Waals surface area (Å²) in [6.45, 7) is 14.6. The number of nitrogens with zero attached hydrogens (tertiary/aromatic N) is 8. The van der Waals surface area contributed by atoms with E-state index in [4.69, 9.17) is 21.3 Å². The predicted molar refractivity (Wildman–Crippen MR) is 238 cm³/mol. The van der Waals surface area contributed by atoms with Gasteiger partial charge in [-0.05, 0) is 103 Å². The number of hydrogen-bond acceptors (Lipinski definition) is 12. The van der Waals surface area contributed by atoms with Crippen molar-refractivity contribution in [3.63, 3.8) is 0 Å². The standard InChI is InChI=1S/C48H52ClN9O5/c1-31-18-37(6-9-41(31)45(62)58(30-59)42-10-11-43(60)53-44(42)61)55-23-38(24-55)56-25-39(26-56)57-28-48(29-57)13-16-54(17-14-48)46-51-15-12-36(52-46)27-63-40-7-4-33(5-8-40)47(2,3)34-19-32(22-50)20-35(49)21-34/h4-9,12,15,18-21,30,38-39,42H,10-11,13-14,16-17,23-29H2,1-3H3,(H,53,60,61). The van der Waals surface area contributed by atoms with Crippen LogP contribution in [0.25, 0.3) is 0 Å². The number of hydrogen-bond donors (Lipinski definition) is 1. The fourth-order valence-electron chi connectivity index (χ4n) is 9.84. The Morgan fingerprint density at radius 2 is 1.70 bits per heavy atom. The van der Waals surface area contributed by atoms with E-state index < -0.39 is 23.8 Å². The van der Waals surface area contributed by atoms with E-state index in [0.717, 1.165) is 110 Å². The van der Waals surface area contributed by atoms with Crippen molar-refractivity contribution in [3.8, 4) is 11.8 Å². The van der Waals surface area contributed by atoms with Gasteiger partial charge in [0.25, 0.3) is 5.91 Å². The number of rotatable bonds is 12. The number of piperidine rings is 2. The van der Waals surface area contributed by atoms with Gasteiger partial charge in [-0.2, -0.15) is 5.26 Å². The maximum Gasteiger partial charge on any atom is 0.261 e. The van der Waals surface area contributed by atoms with Crippen molar-refractivity contribution in [1.29, 1.82) is 5.26 Å². The molecule has 4 aromatic rings. The average molecular weight is 870 g/mol. The highest BCUT2D eigenvalue weighted by Gasteiger charge is 2.51. The summed E-state index contributed by atoms with van der Waals surface area (Å²) in [6.07, 6.45) is 4.68. The second-order valence-corrected chi connectivity index (χ2v) is 18.9. The SMILES string of the molecule is Cc1cc(N2CC(N3CC(N4CC5(CCN(c6nccc(COc7ccc(C(C)(C)c8cc(Cl)cc(C#N)c8)cc7)n6)CC5)C4)C3)C2)ccc1C(=O)N(C=O)C1CCC(=O)NC1=O. The van der Waals surface area contributed by atoms with Crippen LogP contribution >= 0.6 is 11.6 Å². The zero-order valence-electron chi connectivity index (χ0n) is 35.9. The second-order valence-electron chi connectivity index (χ2n) is 18.5. The van der Waals surface area contributed by atoms with Crippen LogP contribution in [0.1, 0.15) is 77.8 Å².